The van der Waals surface area contributed by atoms with E-state index in [0.717, 1.165) is 0 Å². The van der Waals surface area contributed by atoms with Crippen LogP contribution in [-0.4, -0.2) is 15.3 Å². The van der Waals surface area contributed by atoms with Crippen LogP contribution >= 0.6 is 24.2 Å². The summed E-state index contributed by atoms with van der Waals surface area (Å²) >= 11 is 8.31. The summed E-state index contributed by atoms with van der Waals surface area (Å²) < 4.78 is 0.194. The van der Waals surface area contributed by atoms with Gasteiger partial charge in [-0.25, -0.2) is 4.79 Å². The molecule has 0 aromatic rings. The molecule has 56 valence electrons. The molecule has 0 unspecified atom stereocenters. The SMILES string of the molecule is CC(C)(C)S.O=C(O)Cl. The van der Waals surface area contributed by atoms with Gasteiger partial charge in [0.1, 0.15) is 0 Å². The standard InChI is InChI=1S/C4H10S.CHClO2/c1-4(2,3)5;2-1(3)4/h5H,1-3H3;(H,3,4). The fraction of sp³-hybridized carbons (Fsp3) is 0.800. The molecule has 0 aliphatic rings. The monoisotopic (exact) mass is 170 g/mol. The van der Waals surface area contributed by atoms with E-state index in [1.165, 1.54) is 0 Å². The molecule has 0 rings (SSSR count). The average molecular weight is 171 g/mol. The van der Waals surface area contributed by atoms with E-state index in [0.29, 0.717) is 0 Å². The summed E-state index contributed by atoms with van der Waals surface area (Å²) in [6.07, 6.45) is 0. The lowest BCUT2D eigenvalue weighted by Gasteiger charge is -2.04. The van der Waals surface area contributed by atoms with Crippen LogP contribution in [0.2, 0.25) is 0 Å². The van der Waals surface area contributed by atoms with E-state index in [1.807, 2.05) is 0 Å². The van der Waals surface area contributed by atoms with Gasteiger partial charge in [-0.3, -0.25) is 0 Å². The molecule has 4 heteroatoms. The predicted octanol–water partition coefficient (Wildman–Crippen LogP) is 2.62. The van der Waals surface area contributed by atoms with Crippen molar-refractivity contribution in [1.29, 1.82) is 0 Å². The normalized spacial score (nSPS) is 9.44. The van der Waals surface area contributed by atoms with Gasteiger partial charge in [-0.05, 0) is 0 Å². The van der Waals surface area contributed by atoms with Gasteiger partial charge >= 0.3 is 5.43 Å². The number of hydrogen-bond donors (Lipinski definition) is 2. The summed E-state index contributed by atoms with van der Waals surface area (Å²) in [5.74, 6) is 0. The third-order valence-corrected chi connectivity index (χ3v) is 0. The van der Waals surface area contributed by atoms with Gasteiger partial charge in [0.25, 0.3) is 0 Å². The predicted molar refractivity (Wildman–Crippen MR) is 42.6 cm³/mol. The van der Waals surface area contributed by atoms with Crippen molar-refractivity contribution < 1.29 is 9.90 Å². The molecular formula is C5H11ClO2S. The molecule has 0 fully saturated rings. The number of hydrogen-bond acceptors (Lipinski definition) is 2. The molecular weight excluding hydrogens is 160 g/mol. The lowest BCUT2D eigenvalue weighted by Crippen LogP contribution is -1.99. The van der Waals surface area contributed by atoms with E-state index in [2.05, 4.69) is 45.0 Å². The van der Waals surface area contributed by atoms with Crippen LogP contribution in [0.25, 0.3) is 0 Å². The third-order valence-electron chi connectivity index (χ3n) is 0. The molecule has 2 nitrogen and oxygen atoms in total. The first-order chi connectivity index (χ1) is 3.73. The minimum atomic E-state index is -1.36. The summed E-state index contributed by atoms with van der Waals surface area (Å²) in [6, 6.07) is 0. The minimum Gasteiger partial charge on any atom is -0.469 e. The molecule has 9 heavy (non-hydrogen) atoms. The highest BCUT2D eigenvalue weighted by Crippen LogP contribution is 2.07. The molecule has 0 amide bonds. The Labute approximate surface area is 65.6 Å². The van der Waals surface area contributed by atoms with Crippen LogP contribution in [0.1, 0.15) is 20.8 Å². The van der Waals surface area contributed by atoms with Gasteiger partial charge in [0.2, 0.25) is 0 Å². The quantitative estimate of drug-likeness (QED) is 0.433. The van der Waals surface area contributed by atoms with Gasteiger partial charge in [-0.2, -0.15) is 12.6 Å². The van der Waals surface area contributed by atoms with Crippen molar-refractivity contribution in [2.45, 2.75) is 25.5 Å². The van der Waals surface area contributed by atoms with E-state index < -0.39 is 5.43 Å². The zero-order valence-corrected chi connectivity index (χ0v) is 7.33. The highest BCUT2D eigenvalue weighted by Gasteiger charge is 1.96. The number of rotatable bonds is 0. The first-order valence-electron chi connectivity index (χ1n) is 2.34. The molecule has 0 spiro atoms. The Bertz CT molecular complexity index is 77.4. The lowest BCUT2D eigenvalue weighted by atomic mass is 10.3. The molecule has 0 bridgehead atoms. The second-order valence-corrected chi connectivity index (χ2v) is 4.09. The zero-order chi connectivity index (χ0) is 8.08. The summed E-state index contributed by atoms with van der Waals surface area (Å²) in [4.78, 5) is 8.77. The summed E-state index contributed by atoms with van der Waals surface area (Å²) in [6.45, 7) is 6.16. The Morgan fingerprint density at radius 2 is 1.56 bits per heavy atom. The average Bonchev–Trinajstić information content (AvgIpc) is 1.19. The summed E-state index contributed by atoms with van der Waals surface area (Å²) in [5, 5.41) is 7.18. The molecule has 0 aliphatic carbocycles. The first kappa shape index (κ1) is 11.9. The van der Waals surface area contributed by atoms with E-state index in [1.54, 1.807) is 0 Å². The summed E-state index contributed by atoms with van der Waals surface area (Å²) in [7, 11) is 0. The van der Waals surface area contributed by atoms with Crippen molar-refractivity contribution in [1.82, 2.24) is 0 Å². The lowest BCUT2D eigenvalue weighted by molar-refractivity contribution is 0.220. The Morgan fingerprint density at radius 1 is 1.56 bits per heavy atom. The summed E-state index contributed by atoms with van der Waals surface area (Å²) in [5.41, 5.74) is -1.36. The van der Waals surface area contributed by atoms with Crippen LogP contribution < -0.4 is 0 Å². The maximum absolute atomic E-state index is 8.77. The topological polar surface area (TPSA) is 37.3 Å². The fourth-order valence-electron chi connectivity index (χ4n) is 0. The number of thiol groups is 1. The zero-order valence-electron chi connectivity index (χ0n) is 5.68. The van der Waals surface area contributed by atoms with Crippen molar-refractivity contribution in [3.05, 3.63) is 0 Å². The number of halogens is 1. The Kier molecular flexibility index (Phi) is 6.51. The van der Waals surface area contributed by atoms with Crippen molar-refractivity contribution >= 4 is 29.7 Å². The molecule has 0 aromatic carbocycles. The maximum atomic E-state index is 8.77. The van der Waals surface area contributed by atoms with Crippen molar-refractivity contribution in [2.75, 3.05) is 0 Å². The van der Waals surface area contributed by atoms with E-state index in [4.69, 9.17) is 9.90 Å². The molecule has 0 aromatic heterocycles. The second kappa shape index (κ2) is 4.94. The van der Waals surface area contributed by atoms with Gasteiger partial charge < -0.3 is 5.11 Å². The maximum Gasteiger partial charge on any atom is 0.401 e. The molecule has 0 radical (unpaired) electrons. The van der Waals surface area contributed by atoms with Gasteiger partial charge in [0, 0.05) is 16.3 Å². The number of carbonyl (C=O) groups is 1. The van der Waals surface area contributed by atoms with Crippen LogP contribution in [0, 0.1) is 0 Å². The second-order valence-electron chi connectivity index (χ2n) is 2.42. The number of carboxylic acid groups (broad SMARTS) is 1. The Morgan fingerprint density at radius 3 is 1.56 bits per heavy atom. The fourth-order valence-corrected chi connectivity index (χ4v) is 0. The molecule has 1 N–H and O–H groups in total. The van der Waals surface area contributed by atoms with Crippen LogP contribution in [0.15, 0.2) is 0 Å². The van der Waals surface area contributed by atoms with Crippen molar-refractivity contribution in [3.63, 3.8) is 0 Å². The van der Waals surface area contributed by atoms with Gasteiger partial charge in [-0.1, -0.05) is 20.8 Å². The largest absolute Gasteiger partial charge is 0.469 e. The van der Waals surface area contributed by atoms with Crippen LogP contribution in [0.3, 0.4) is 0 Å². The van der Waals surface area contributed by atoms with Gasteiger partial charge in [0.15, 0.2) is 0 Å². The van der Waals surface area contributed by atoms with Crippen molar-refractivity contribution in [3.8, 4) is 0 Å². The molecule has 0 heterocycles. The molecule has 0 aliphatic heterocycles. The molecule has 0 atom stereocenters. The minimum absolute atomic E-state index is 0.194. The van der Waals surface area contributed by atoms with E-state index >= 15 is 0 Å². The Balaban J connectivity index is 0. The van der Waals surface area contributed by atoms with E-state index in [9.17, 15) is 0 Å². The van der Waals surface area contributed by atoms with E-state index in [-0.39, 0.29) is 4.75 Å². The Hall–Kier alpha value is 0.110. The first-order valence-corrected chi connectivity index (χ1v) is 3.17. The molecule has 0 saturated heterocycles. The van der Waals surface area contributed by atoms with Crippen LogP contribution in [0.5, 0.6) is 0 Å². The third kappa shape index (κ3) is 25000. The highest BCUT2D eigenvalue weighted by atomic mass is 35.5. The van der Waals surface area contributed by atoms with Crippen molar-refractivity contribution in [2.24, 2.45) is 0 Å². The van der Waals surface area contributed by atoms with Gasteiger partial charge in [0.05, 0.1) is 0 Å². The van der Waals surface area contributed by atoms with Gasteiger partial charge in [-0.15, -0.1) is 0 Å². The van der Waals surface area contributed by atoms with Crippen LogP contribution in [0.4, 0.5) is 4.79 Å². The van der Waals surface area contributed by atoms with Crippen LogP contribution in [-0.2, 0) is 0 Å². The smallest absolute Gasteiger partial charge is 0.401 e. The molecule has 0 saturated carbocycles. The highest BCUT2D eigenvalue weighted by molar-refractivity contribution is 7.81.